The Bertz CT molecular complexity index is 3180. The normalized spacial score (nSPS) is 21.3. The zero-order valence-corrected chi connectivity index (χ0v) is 60.7. The van der Waals surface area contributed by atoms with E-state index in [0.717, 1.165) is 68.7 Å². The number of hydrogen-bond donors (Lipinski definition) is 5. The molecule has 3 aliphatic carbocycles. The van der Waals surface area contributed by atoms with Crippen molar-refractivity contribution in [3.63, 3.8) is 0 Å². The fraction of sp³-hybridized carbons (Fsp3) is 0.687. The topological polar surface area (TPSA) is 355 Å². The lowest BCUT2D eigenvalue weighted by atomic mass is 9.95. The van der Waals surface area contributed by atoms with Crippen LogP contribution in [0.1, 0.15) is 122 Å². The lowest BCUT2D eigenvalue weighted by molar-refractivity contribution is -0.389. The number of carbonyl (C=O) groups excluding carboxylic acids is 1. The number of nitrogens with zero attached hydrogens (tertiary/aromatic N) is 11. The molecule has 11 rings (SSSR count). The van der Waals surface area contributed by atoms with E-state index in [-0.39, 0.29) is 52.9 Å². The summed E-state index contributed by atoms with van der Waals surface area (Å²) >= 11 is 0. The number of alkyl carbamates (subject to hydrolysis) is 1. The Labute approximate surface area is 572 Å². The number of rotatable bonds is 19. The molecule has 4 aliphatic heterocycles. The van der Waals surface area contributed by atoms with Crippen LogP contribution in [-0.2, 0) is 28.4 Å². The summed E-state index contributed by atoms with van der Waals surface area (Å²) in [5, 5.41) is 42.5. The minimum Gasteiger partial charge on any atom is -0.444 e. The molecule has 7 aliphatic rings. The number of amides is 1. The van der Waals surface area contributed by atoms with Crippen molar-refractivity contribution in [1.82, 2.24) is 35.9 Å². The molecule has 30 heteroatoms. The fourth-order valence-corrected chi connectivity index (χ4v) is 13.9. The van der Waals surface area contributed by atoms with E-state index < -0.39 is 45.6 Å². The first-order chi connectivity index (χ1) is 45.4. The quantitative estimate of drug-likeness (QED) is 0.0332. The van der Waals surface area contributed by atoms with Crippen LogP contribution in [0.15, 0.2) is 73.3 Å². The van der Waals surface area contributed by atoms with Gasteiger partial charge in [0.15, 0.2) is 18.6 Å². The second-order valence-corrected chi connectivity index (χ2v) is 35.6. The van der Waals surface area contributed by atoms with E-state index in [0.29, 0.717) is 62.6 Å². The van der Waals surface area contributed by atoms with Crippen LogP contribution in [0.3, 0.4) is 0 Å². The lowest BCUT2D eigenvalue weighted by Crippen LogP contribution is -2.60. The monoisotopic (exact) mass is 1370 g/mol. The average Bonchev–Trinajstić information content (AvgIpc) is 1.62. The molecule has 538 valence electrons. The summed E-state index contributed by atoms with van der Waals surface area (Å²) in [7, 11) is -1.02. The van der Waals surface area contributed by atoms with E-state index in [2.05, 4.69) is 105 Å². The Morgan fingerprint density at radius 2 is 0.887 bits per heavy atom. The van der Waals surface area contributed by atoms with Gasteiger partial charge in [0.1, 0.15) is 11.4 Å². The van der Waals surface area contributed by atoms with Crippen LogP contribution in [0, 0.1) is 30.3 Å². The average molecular weight is 1370 g/mol. The number of nitro groups is 3. The zero-order valence-electron chi connectivity index (χ0n) is 59.7. The summed E-state index contributed by atoms with van der Waals surface area (Å²) in [6.45, 7) is 40.3. The molecule has 0 aromatic carbocycles. The summed E-state index contributed by atoms with van der Waals surface area (Å²) in [5.41, 5.74) is 13.6. The molecule has 8 heterocycles. The predicted molar refractivity (Wildman–Crippen MR) is 378 cm³/mol. The largest absolute Gasteiger partial charge is 0.444 e. The highest BCUT2D eigenvalue weighted by Crippen LogP contribution is 2.47. The minimum atomic E-state index is -1.02. The molecule has 4 atom stereocenters. The Morgan fingerprint density at radius 3 is 1.14 bits per heavy atom. The van der Waals surface area contributed by atoms with Gasteiger partial charge >= 0.3 is 23.5 Å². The lowest BCUT2D eigenvalue weighted by Gasteiger charge is -2.42. The van der Waals surface area contributed by atoms with Crippen molar-refractivity contribution in [2.45, 2.75) is 211 Å². The van der Waals surface area contributed by atoms with E-state index in [1.54, 1.807) is 45.2 Å². The number of carbonyl (C=O) groups is 1. The highest BCUT2D eigenvalue weighted by atomic mass is 28.3. The molecule has 0 spiro atoms. The van der Waals surface area contributed by atoms with Crippen LogP contribution < -0.4 is 47.0 Å². The standard InChI is InChI=1S/C17H26N4O5.C15H22N4O3.C15H24N4O.C12H18N4O3.C8H18OSi/c1-16(2,3)26-15(22)19-17(4,5)13-11-20(8-9-25-13)12-6-7-14(18-10-12)21(23)24;1-15(2,17-11-3-4-11)13-10-18(7-8-22-13)12-5-6-14(16-9-12)19(20)21;1-15(2,18-11-3-4-11)13-10-19(7-8-20-13)12-5-6-14(16)17-9-12;1-12(2,13)10-8-15(5-6-19-10)9-3-4-11(14-7-9)16(17)18;1-5-9-8(6-7-8)10(2,3)4/h6-7,10,13H,8-9,11H2,1-5H3,(H,19,22);5-6,9,11,13,17H,3-4,7-8,10H2,1-2H3;5-6,9,11,13,18H,3-4,7-8,10H2,1-2H3,(H2,16,17);3-4,7,10H,5-6,8,13H2,1-2H3;5-7H2,1-4H3. The molecular formula is C67H108N16O13Si. The maximum atomic E-state index is 12.1. The molecule has 1 amide bonds. The molecule has 0 radical (unpaired) electrons. The first-order valence-electron chi connectivity index (χ1n) is 33.9. The van der Waals surface area contributed by atoms with E-state index >= 15 is 0 Å². The van der Waals surface area contributed by atoms with Crippen LogP contribution in [-0.4, -0.2) is 204 Å². The maximum Gasteiger partial charge on any atom is 0.408 e. The summed E-state index contributed by atoms with van der Waals surface area (Å²) < 4.78 is 34.5. The molecule has 3 saturated carbocycles. The number of nitrogens with two attached hydrogens (primary N) is 2. The summed E-state index contributed by atoms with van der Waals surface area (Å²) in [5.74, 6) is 0.108. The summed E-state index contributed by atoms with van der Waals surface area (Å²) in [6.07, 6.45) is 13.5. The Morgan fingerprint density at radius 1 is 0.557 bits per heavy atom. The number of nitrogens with one attached hydrogen (secondary N) is 3. The second kappa shape index (κ2) is 32.8. The molecule has 4 saturated heterocycles. The van der Waals surface area contributed by atoms with Crippen molar-refractivity contribution in [2.24, 2.45) is 5.73 Å². The van der Waals surface area contributed by atoms with Gasteiger partial charge in [-0.25, -0.2) is 9.78 Å². The van der Waals surface area contributed by atoms with Gasteiger partial charge in [-0.05, 0) is 182 Å². The molecule has 4 unspecified atom stereocenters. The SMILES string of the molecule is CC(C)(C)OC(=O)NC(C)(C)C1CN(c2ccc([N+](=O)[O-])nc2)CCO1.CC(C)(N)C1CN(c2ccc([N+](=O)[O-])nc2)CCO1.CC(C)(NC1CC1)C1CN(c2ccc(N)nc2)CCO1.CC(C)(NC1CC1)C1CN(c2ccc([N+](=O)[O-])nc2)CCO1.CCOC1([Si](C)(C)C)CC1. The first kappa shape index (κ1) is 77.3. The third-order valence-electron chi connectivity index (χ3n) is 18.1. The van der Waals surface area contributed by atoms with Crippen molar-refractivity contribution >= 4 is 60.2 Å². The van der Waals surface area contributed by atoms with Crippen molar-refractivity contribution in [3.05, 3.63) is 104 Å². The third-order valence-corrected chi connectivity index (χ3v) is 21.5. The number of hydrogen-bond acceptors (Lipinski definition) is 25. The fourth-order valence-electron chi connectivity index (χ4n) is 11.7. The number of morpholine rings is 4. The van der Waals surface area contributed by atoms with Gasteiger partial charge in [-0.3, -0.25) is 0 Å². The van der Waals surface area contributed by atoms with Gasteiger partial charge in [-0.2, -0.15) is 0 Å². The number of pyridine rings is 4. The van der Waals surface area contributed by atoms with Crippen LogP contribution in [0.4, 0.5) is 50.8 Å². The van der Waals surface area contributed by atoms with Gasteiger partial charge in [0.2, 0.25) is 0 Å². The van der Waals surface area contributed by atoms with Crippen LogP contribution in [0.2, 0.25) is 19.6 Å². The first-order valence-corrected chi connectivity index (χ1v) is 37.4. The van der Waals surface area contributed by atoms with Gasteiger partial charge in [0.25, 0.3) is 0 Å². The highest BCUT2D eigenvalue weighted by molar-refractivity contribution is 6.79. The highest BCUT2D eigenvalue weighted by Gasteiger charge is 2.54. The Balaban J connectivity index is 0.000000175. The van der Waals surface area contributed by atoms with Crippen molar-refractivity contribution in [2.75, 3.05) is 111 Å². The Hall–Kier alpha value is -7.03. The minimum absolute atomic E-state index is 0.00106. The van der Waals surface area contributed by atoms with E-state index in [1.165, 1.54) is 69.1 Å². The van der Waals surface area contributed by atoms with Gasteiger partial charge in [-0.15, -0.1) is 0 Å². The summed E-state index contributed by atoms with van der Waals surface area (Å²) in [6, 6.07) is 14.6. The molecule has 7 N–H and O–H groups in total. The van der Waals surface area contributed by atoms with Gasteiger partial charge in [0.05, 0.1) is 98.6 Å². The number of aromatic nitrogens is 4. The predicted octanol–water partition coefficient (Wildman–Crippen LogP) is 8.99. The molecule has 4 aromatic rings. The van der Waals surface area contributed by atoms with E-state index in [9.17, 15) is 35.1 Å². The van der Waals surface area contributed by atoms with Crippen molar-refractivity contribution in [3.8, 4) is 0 Å². The zero-order chi connectivity index (χ0) is 71.3. The van der Waals surface area contributed by atoms with Crippen LogP contribution >= 0.6 is 0 Å². The van der Waals surface area contributed by atoms with Crippen LogP contribution in [0.25, 0.3) is 0 Å². The van der Waals surface area contributed by atoms with Gasteiger partial charge < -0.3 is 106 Å². The molecule has 7 fully saturated rings. The number of anilines is 5. The number of ether oxygens (including phenoxy) is 6. The number of nitrogen functional groups attached to an aromatic ring is 1. The summed E-state index contributed by atoms with van der Waals surface area (Å²) in [4.78, 5) is 67.0. The smallest absolute Gasteiger partial charge is 0.408 e. The molecule has 29 nitrogen and oxygen atoms in total. The van der Waals surface area contributed by atoms with E-state index in [4.69, 9.17) is 39.9 Å². The van der Waals surface area contributed by atoms with Crippen LogP contribution in [0.5, 0.6) is 0 Å². The van der Waals surface area contributed by atoms with E-state index in [1.807, 2.05) is 50.9 Å². The molecule has 4 aromatic heterocycles. The Kier molecular flexibility index (Phi) is 26.1. The molecule has 0 bridgehead atoms. The maximum absolute atomic E-state index is 12.1. The second-order valence-electron chi connectivity index (χ2n) is 30.2. The van der Waals surface area contributed by atoms with Crippen molar-refractivity contribution < 1.29 is 48.0 Å². The molecule has 97 heavy (non-hydrogen) atoms. The molecular weight excluding hydrogens is 1260 g/mol. The van der Waals surface area contributed by atoms with Gasteiger partial charge in [0, 0.05) is 106 Å². The van der Waals surface area contributed by atoms with Gasteiger partial charge in [-0.1, -0.05) is 19.6 Å². The van der Waals surface area contributed by atoms with Crippen molar-refractivity contribution in [1.29, 1.82) is 0 Å². The third kappa shape index (κ3) is 23.6.